The Labute approximate surface area is 51.7 Å². The average Bonchev–Trinajstić information content (AvgIpc) is 1.62. The van der Waals surface area contributed by atoms with Crippen molar-refractivity contribution in [3.63, 3.8) is 0 Å². The van der Waals surface area contributed by atoms with Gasteiger partial charge in [0.25, 0.3) is 0 Å². The topological polar surface area (TPSA) is 57.5 Å². The normalized spacial score (nSPS) is 16.4. The summed E-state index contributed by atoms with van der Waals surface area (Å²) in [6.45, 7) is 1.79. The van der Waals surface area contributed by atoms with Crippen LogP contribution in [-0.2, 0) is 4.57 Å². The van der Waals surface area contributed by atoms with Gasteiger partial charge in [0, 0.05) is 15.5 Å². The number of rotatable bonds is 2. The van der Waals surface area contributed by atoms with Crippen molar-refractivity contribution in [2.45, 2.75) is 18.6 Å². The lowest BCUT2D eigenvalue weighted by Crippen LogP contribution is -2.04. The van der Waals surface area contributed by atoms with Crippen LogP contribution in [0.2, 0.25) is 0 Å². The number of hydrogen-bond donors (Lipinski definition) is 2. The van der Waals surface area contributed by atoms with E-state index in [4.69, 9.17) is 9.79 Å². The van der Waals surface area contributed by atoms with Gasteiger partial charge in [-0.25, -0.2) is 0 Å². The van der Waals surface area contributed by atoms with Gasteiger partial charge in [0.2, 0.25) is 0 Å². The van der Waals surface area contributed by atoms with Crippen molar-refractivity contribution in [2.24, 2.45) is 0 Å². The van der Waals surface area contributed by atoms with Crippen molar-refractivity contribution in [3.05, 3.63) is 0 Å². The quantitative estimate of drug-likeness (QED) is 0.407. The Bertz CT molecular complexity index is 109. The largest absolute Gasteiger partial charge is 0.324 e. The molecule has 0 rings (SSSR count). The lowest BCUT2D eigenvalue weighted by atomic mass is 10.6. The van der Waals surface area contributed by atoms with E-state index < -0.39 is 7.60 Å². The van der Waals surface area contributed by atoms with E-state index in [0.717, 1.165) is 0 Å². The minimum atomic E-state index is -3.70. The molecule has 0 spiro atoms. The van der Waals surface area contributed by atoms with Crippen molar-refractivity contribution in [3.8, 4) is 0 Å². The smallest absolute Gasteiger partial charge is 0.324 e. The lowest BCUT2D eigenvalue weighted by molar-refractivity contribution is 0.368. The first-order chi connectivity index (χ1) is 3.48. The highest BCUT2D eigenvalue weighted by Crippen LogP contribution is 2.40. The molecule has 0 aromatic carbocycles. The Morgan fingerprint density at radius 1 is 1.75 bits per heavy atom. The van der Waals surface area contributed by atoms with Gasteiger partial charge in [-0.3, -0.25) is 4.57 Å². The maximum Gasteiger partial charge on any atom is 0.324 e. The fraction of sp³-hybridized carbons (Fsp3) is 1.00. The molecule has 3 nitrogen and oxygen atoms in total. The zero-order chi connectivity index (χ0) is 6.78. The van der Waals surface area contributed by atoms with E-state index in [1.807, 2.05) is 0 Å². The summed E-state index contributed by atoms with van der Waals surface area (Å²) in [4.78, 5) is 16.9. The van der Waals surface area contributed by atoms with Crippen LogP contribution in [0.4, 0.5) is 0 Å². The van der Waals surface area contributed by atoms with E-state index in [1.54, 1.807) is 6.92 Å². The second-order valence-electron chi connectivity index (χ2n) is 1.85. The summed E-state index contributed by atoms with van der Waals surface area (Å²) in [5.74, 6) is 0. The molecule has 0 aromatic rings. The Hall–Kier alpha value is 0.367. The summed E-state index contributed by atoms with van der Waals surface area (Å²) in [5.41, 5.74) is 0. The van der Waals surface area contributed by atoms with Gasteiger partial charge in [0.1, 0.15) is 0 Å². The third-order valence-corrected chi connectivity index (χ3v) is 5.51. The summed E-state index contributed by atoms with van der Waals surface area (Å²) in [5, 5.41) is -0.345. The zero-order valence-electron chi connectivity index (χ0n) is 5.03. The molecule has 1 atom stereocenters. The molecule has 8 heavy (non-hydrogen) atoms. The van der Waals surface area contributed by atoms with Crippen LogP contribution in [-0.4, -0.2) is 25.3 Å². The van der Waals surface area contributed by atoms with Crippen LogP contribution < -0.4 is 0 Å². The van der Waals surface area contributed by atoms with E-state index in [-0.39, 0.29) is 5.28 Å². The van der Waals surface area contributed by atoms with Crippen LogP contribution in [0.3, 0.4) is 0 Å². The first-order valence-corrected chi connectivity index (χ1v) is 5.37. The molecule has 0 bridgehead atoms. The van der Waals surface area contributed by atoms with Gasteiger partial charge in [0.15, 0.2) is 0 Å². The molecular weight excluding hydrogens is 143 g/mol. The maximum absolute atomic E-state index is 10.3. The molecule has 0 aromatic heterocycles. The van der Waals surface area contributed by atoms with Crippen LogP contribution in [0, 0.1) is 0 Å². The average molecular weight is 154 g/mol. The molecule has 1 unspecified atom stereocenters. The van der Waals surface area contributed by atoms with Crippen LogP contribution in [0.25, 0.3) is 0 Å². The van der Waals surface area contributed by atoms with Crippen LogP contribution >= 0.6 is 7.60 Å². The molecule has 0 aliphatic heterocycles. The van der Waals surface area contributed by atoms with Gasteiger partial charge < -0.3 is 9.79 Å². The van der Waals surface area contributed by atoms with Gasteiger partial charge in [-0.2, -0.15) is 0 Å². The molecule has 50 valence electrons. The summed E-state index contributed by atoms with van der Waals surface area (Å²) in [6, 6.07) is 0. The van der Waals surface area contributed by atoms with Crippen LogP contribution in [0.15, 0.2) is 0 Å². The van der Waals surface area contributed by atoms with Crippen LogP contribution in [0.1, 0.15) is 13.3 Å². The first-order valence-electron chi connectivity index (χ1n) is 2.53. The van der Waals surface area contributed by atoms with E-state index >= 15 is 0 Å². The van der Waals surface area contributed by atoms with Gasteiger partial charge >= 0.3 is 7.60 Å². The van der Waals surface area contributed by atoms with Crippen molar-refractivity contribution in [1.82, 2.24) is 0 Å². The second-order valence-corrected chi connectivity index (χ2v) is 6.27. The second kappa shape index (κ2) is 2.78. The molecule has 0 saturated carbocycles. The Morgan fingerprint density at radius 2 is 2.12 bits per heavy atom. The van der Waals surface area contributed by atoms with Crippen molar-refractivity contribution in [1.29, 1.82) is 0 Å². The molecule has 2 N–H and O–H groups in total. The molecule has 0 aliphatic rings. The highest BCUT2D eigenvalue weighted by Gasteiger charge is 2.20. The summed E-state index contributed by atoms with van der Waals surface area (Å²) in [7, 11) is -3.11. The predicted octanol–water partition coefficient (Wildman–Crippen LogP) is -0.734. The molecule has 0 amide bonds. The minimum Gasteiger partial charge on any atom is -0.324 e. The summed E-state index contributed by atoms with van der Waals surface area (Å²) >= 11 is 0. The highest BCUT2D eigenvalue weighted by molar-refractivity contribution is 7.54. The van der Waals surface area contributed by atoms with E-state index in [2.05, 4.69) is 0 Å². The third-order valence-electron chi connectivity index (χ3n) is 1.17. The van der Waals surface area contributed by atoms with Crippen molar-refractivity contribution >= 4 is 17.8 Å². The summed E-state index contributed by atoms with van der Waals surface area (Å²) in [6.07, 6.45) is 0.594. The summed E-state index contributed by atoms with van der Waals surface area (Å²) < 4.78 is 10.3. The predicted molar refractivity (Wildman–Crippen MR) is 36.1 cm³/mol. The van der Waals surface area contributed by atoms with E-state index in [9.17, 15) is 4.57 Å². The Balaban J connectivity index is 3.82. The molecule has 0 aliphatic carbocycles. The first kappa shape index (κ1) is 8.37. The molecule has 5 heteroatoms. The van der Waals surface area contributed by atoms with Crippen LogP contribution in [0.5, 0.6) is 0 Å². The third kappa shape index (κ3) is 2.62. The monoisotopic (exact) mass is 154 g/mol. The maximum atomic E-state index is 10.3. The Kier molecular flexibility index (Phi) is 2.91. The van der Waals surface area contributed by atoms with Crippen molar-refractivity contribution in [2.75, 3.05) is 0 Å². The zero-order valence-corrected chi connectivity index (χ0v) is 7.93. The van der Waals surface area contributed by atoms with Crippen molar-refractivity contribution < 1.29 is 14.4 Å². The standard InChI is InChI=1S/C3H11O3PSi/c1-2-3(8)7(4,5)6/h3H,2H2,1,8H3,(H2,4,5,6). The molecule has 0 fully saturated rings. The molecule has 0 heterocycles. The highest BCUT2D eigenvalue weighted by atomic mass is 31.2. The van der Waals surface area contributed by atoms with E-state index in [1.165, 1.54) is 0 Å². The minimum absolute atomic E-state index is 0.345. The fourth-order valence-electron chi connectivity index (χ4n) is 0.238. The van der Waals surface area contributed by atoms with Gasteiger partial charge in [-0.1, -0.05) is 6.92 Å². The Morgan fingerprint density at radius 3 is 2.12 bits per heavy atom. The van der Waals surface area contributed by atoms with Gasteiger partial charge in [0.05, 0.1) is 0 Å². The molecular formula is C3H11O3PSi. The SMILES string of the molecule is CCC([SiH3])P(=O)(O)O. The number of hydrogen-bond acceptors (Lipinski definition) is 1. The molecule has 0 saturated heterocycles. The fourth-order valence-corrected chi connectivity index (χ4v) is 0.714. The van der Waals surface area contributed by atoms with Gasteiger partial charge in [-0.15, -0.1) is 0 Å². The molecule has 0 radical (unpaired) electrons. The van der Waals surface area contributed by atoms with Gasteiger partial charge in [-0.05, 0) is 6.42 Å². The lowest BCUT2D eigenvalue weighted by Gasteiger charge is -2.08. The van der Waals surface area contributed by atoms with E-state index in [0.29, 0.717) is 16.7 Å².